The van der Waals surface area contributed by atoms with Crippen LogP contribution in [-0.2, 0) is 4.74 Å². The number of likely N-dealkylation sites (tertiary alicyclic amines) is 1. The van der Waals surface area contributed by atoms with Crippen LogP contribution in [0.3, 0.4) is 0 Å². The minimum atomic E-state index is -0.408. The van der Waals surface area contributed by atoms with Gasteiger partial charge in [0.15, 0.2) is 0 Å². The van der Waals surface area contributed by atoms with Crippen molar-refractivity contribution in [2.24, 2.45) is 5.10 Å². The lowest BCUT2D eigenvalue weighted by Crippen LogP contribution is -2.45. The van der Waals surface area contributed by atoms with Crippen molar-refractivity contribution in [3.05, 3.63) is 47.2 Å². The number of nitrogens with zero attached hydrogens (tertiary/aromatic N) is 3. The Kier molecular flexibility index (Phi) is 5.69. The number of hydrazone groups is 1. The molecule has 0 spiro atoms. The van der Waals surface area contributed by atoms with Crippen molar-refractivity contribution in [1.82, 2.24) is 9.91 Å². The Morgan fingerprint density at radius 2 is 1.89 bits per heavy atom. The molecule has 1 aromatic heterocycles. The van der Waals surface area contributed by atoms with E-state index in [4.69, 9.17) is 20.8 Å². The topological polar surface area (TPSA) is 58.3 Å². The maximum Gasteiger partial charge on any atom is 0.430 e. The molecular formula is C21H24ClN3O3. The number of ether oxygens (including phenoxy) is 1. The number of amides is 1. The number of benzene rings is 1. The summed E-state index contributed by atoms with van der Waals surface area (Å²) >= 11 is 5.92. The maximum absolute atomic E-state index is 12.2. The number of furan rings is 1. The Bertz CT molecular complexity index is 843. The molecule has 2 aliphatic rings. The van der Waals surface area contributed by atoms with Crippen molar-refractivity contribution in [3.63, 3.8) is 0 Å². The number of carbonyl (C=O) groups excluding carboxylic acids is 1. The molecule has 2 fully saturated rings. The van der Waals surface area contributed by atoms with Gasteiger partial charge in [-0.05, 0) is 69.3 Å². The summed E-state index contributed by atoms with van der Waals surface area (Å²) in [5.74, 6) is 1.30. The molecule has 3 heterocycles. The number of piperidine rings is 1. The van der Waals surface area contributed by atoms with Gasteiger partial charge in [0.25, 0.3) is 0 Å². The molecule has 2 aliphatic heterocycles. The summed E-state index contributed by atoms with van der Waals surface area (Å²) in [6.45, 7) is 4.72. The zero-order valence-corrected chi connectivity index (χ0v) is 16.6. The Labute approximate surface area is 169 Å². The van der Waals surface area contributed by atoms with Crippen LogP contribution in [0.25, 0.3) is 11.3 Å². The van der Waals surface area contributed by atoms with E-state index in [2.05, 4.69) is 16.9 Å². The summed E-state index contributed by atoms with van der Waals surface area (Å²) in [7, 11) is 0. The summed E-state index contributed by atoms with van der Waals surface area (Å²) in [4.78, 5) is 14.6. The van der Waals surface area contributed by atoms with Gasteiger partial charge in [0.2, 0.25) is 0 Å². The van der Waals surface area contributed by atoms with E-state index in [1.807, 2.05) is 36.4 Å². The van der Waals surface area contributed by atoms with E-state index in [-0.39, 0.29) is 12.1 Å². The second-order valence-electron chi connectivity index (χ2n) is 7.30. The fourth-order valence-electron chi connectivity index (χ4n) is 3.70. The molecule has 0 aliphatic carbocycles. The summed E-state index contributed by atoms with van der Waals surface area (Å²) in [5, 5.41) is 6.32. The molecular weight excluding hydrogens is 378 g/mol. The van der Waals surface area contributed by atoms with Crippen molar-refractivity contribution in [1.29, 1.82) is 0 Å². The Hall–Kier alpha value is -2.31. The van der Waals surface area contributed by atoms with Gasteiger partial charge in [-0.2, -0.15) is 10.1 Å². The highest BCUT2D eigenvalue weighted by Gasteiger charge is 2.37. The van der Waals surface area contributed by atoms with Crippen LogP contribution in [0.5, 0.6) is 0 Å². The Balaban J connectivity index is 1.38. The SMILES string of the molecule is CC(C1CN(N=Cc2ccc(-c3ccc(Cl)cc3)o2)C(=O)O1)N1CCCCC1. The molecule has 1 amide bonds. The average Bonchev–Trinajstić information content (AvgIpc) is 3.34. The van der Waals surface area contributed by atoms with Crippen molar-refractivity contribution < 1.29 is 13.9 Å². The van der Waals surface area contributed by atoms with Crippen LogP contribution in [0.2, 0.25) is 5.02 Å². The number of hydrogen-bond acceptors (Lipinski definition) is 5. The molecule has 0 bridgehead atoms. The van der Waals surface area contributed by atoms with Gasteiger partial charge in [-0.15, -0.1) is 0 Å². The van der Waals surface area contributed by atoms with Gasteiger partial charge in [0.1, 0.15) is 17.6 Å². The van der Waals surface area contributed by atoms with Crippen molar-refractivity contribution in [3.8, 4) is 11.3 Å². The Morgan fingerprint density at radius 1 is 1.14 bits per heavy atom. The second-order valence-corrected chi connectivity index (χ2v) is 7.73. The molecule has 4 rings (SSSR count). The first kappa shape index (κ1) is 19.0. The van der Waals surface area contributed by atoms with Gasteiger partial charge in [-0.25, -0.2) is 4.79 Å². The first-order valence-electron chi connectivity index (χ1n) is 9.72. The molecule has 7 heteroatoms. The third-order valence-electron chi connectivity index (χ3n) is 5.40. The third kappa shape index (κ3) is 4.23. The maximum atomic E-state index is 12.2. The summed E-state index contributed by atoms with van der Waals surface area (Å²) < 4.78 is 11.3. The van der Waals surface area contributed by atoms with E-state index in [1.165, 1.54) is 24.3 Å². The standard InChI is InChI=1S/C21H24ClN3O3/c1-15(24-11-3-2-4-12-24)20-14-25(21(26)28-20)23-13-18-9-10-19(27-18)16-5-7-17(22)8-6-16/h5-10,13,15,20H,2-4,11-12,14H2,1H3. The first-order chi connectivity index (χ1) is 13.6. The van der Waals surface area contributed by atoms with Crippen LogP contribution in [0.1, 0.15) is 31.9 Å². The molecule has 0 radical (unpaired) electrons. The molecule has 0 saturated carbocycles. The van der Waals surface area contributed by atoms with Crippen LogP contribution < -0.4 is 0 Å². The normalized spacial score (nSPS) is 22.0. The van der Waals surface area contributed by atoms with E-state index in [0.29, 0.717) is 17.3 Å². The van der Waals surface area contributed by atoms with Crippen LogP contribution >= 0.6 is 11.6 Å². The zero-order chi connectivity index (χ0) is 19.5. The highest BCUT2D eigenvalue weighted by Crippen LogP contribution is 2.24. The average molecular weight is 402 g/mol. The monoisotopic (exact) mass is 401 g/mol. The molecule has 1 aromatic carbocycles. The number of cyclic esters (lactones) is 1. The third-order valence-corrected chi connectivity index (χ3v) is 5.65. The highest BCUT2D eigenvalue weighted by molar-refractivity contribution is 6.30. The van der Waals surface area contributed by atoms with E-state index >= 15 is 0 Å². The zero-order valence-electron chi connectivity index (χ0n) is 15.9. The van der Waals surface area contributed by atoms with E-state index in [1.54, 1.807) is 6.21 Å². The van der Waals surface area contributed by atoms with E-state index in [0.717, 1.165) is 24.4 Å². The van der Waals surface area contributed by atoms with Gasteiger partial charge < -0.3 is 9.15 Å². The fraction of sp³-hybridized carbons (Fsp3) is 0.429. The lowest BCUT2D eigenvalue weighted by Gasteiger charge is -2.34. The summed E-state index contributed by atoms with van der Waals surface area (Å²) in [5.41, 5.74) is 0.931. The van der Waals surface area contributed by atoms with Gasteiger partial charge in [0.05, 0.1) is 12.8 Å². The Morgan fingerprint density at radius 3 is 2.64 bits per heavy atom. The van der Waals surface area contributed by atoms with Crippen molar-refractivity contribution >= 4 is 23.9 Å². The largest absolute Gasteiger partial charge is 0.455 e. The summed E-state index contributed by atoms with van der Waals surface area (Å²) in [6.07, 6.45) is 4.68. The van der Waals surface area contributed by atoms with Crippen molar-refractivity contribution in [2.45, 2.75) is 38.3 Å². The van der Waals surface area contributed by atoms with Gasteiger partial charge in [-0.1, -0.05) is 18.0 Å². The van der Waals surface area contributed by atoms with Crippen LogP contribution in [0.15, 0.2) is 45.9 Å². The fourth-order valence-corrected chi connectivity index (χ4v) is 3.82. The minimum absolute atomic E-state index is 0.163. The van der Waals surface area contributed by atoms with E-state index < -0.39 is 6.09 Å². The number of carbonyl (C=O) groups is 1. The van der Waals surface area contributed by atoms with Gasteiger partial charge in [0, 0.05) is 16.6 Å². The van der Waals surface area contributed by atoms with Gasteiger partial charge in [-0.3, -0.25) is 4.90 Å². The predicted molar refractivity (Wildman–Crippen MR) is 109 cm³/mol. The molecule has 28 heavy (non-hydrogen) atoms. The summed E-state index contributed by atoms with van der Waals surface area (Å²) in [6, 6.07) is 11.3. The number of hydrogen-bond donors (Lipinski definition) is 0. The molecule has 148 valence electrons. The quantitative estimate of drug-likeness (QED) is 0.685. The van der Waals surface area contributed by atoms with Gasteiger partial charge >= 0.3 is 6.09 Å². The molecule has 0 N–H and O–H groups in total. The van der Waals surface area contributed by atoms with Crippen molar-refractivity contribution in [2.75, 3.05) is 19.6 Å². The van der Waals surface area contributed by atoms with Crippen LogP contribution in [-0.4, -0.2) is 54.0 Å². The van der Waals surface area contributed by atoms with E-state index in [9.17, 15) is 4.79 Å². The predicted octanol–water partition coefficient (Wildman–Crippen LogP) is 4.63. The lowest BCUT2D eigenvalue weighted by molar-refractivity contribution is 0.0570. The second kappa shape index (κ2) is 8.37. The number of halogens is 1. The highest BCUT2D eigenvalue weighted by atomic mass is 35.5. The molecule has 2 aromatic rings. The first-order valence-corrected chi connectivity index (χ1v) is 10.1. The van der Waals surface area contributed by atoms with Crippen LogP contribution in [0.4, 0.5) is 4.79 Å². The minimum Gasteiger partial charge on any atom is -0.455 e. The molecule has 2 atom stereocenters. The number of rotatable bonds is 5. The lowest BCUT2D eigenvalue weighted by atomic mass is 10.1. The van der Waals surface area contributed by atoms with Crippen LogP contribution in [0, 0.1) is 0 Å². The molecule has 2 unspecified atom stereocenters. The smallest absolute Gasteiger partial charge is 0.430 e. The molecule has 6 nitrogen and oxygen atoms in total. The molecule has 2 saturated heterocycles.